The molecule has 1 aliphatic rings. The van der Waals surface area contributed by atoms with Crippen molar-refractivity contribution < 1.29 is 9.47 Å². The molecule has 1 aliphatic heterocycles. The summed E-state index contributed by atoms with van der Waals surface area (Å²) in [5.41, 5.74) is 0. The lowest BCUT2D eigenvalue weighted by Crippen LogP contribution is -2.36. The third-order valence-electron chi connectivity index (χ3n) is 2.75. The molecule has 0 spiro atoms. The predicted octanol–water partition coefficient (Wildman–Crippen LogP) is 0.243. The van der Waals surface area contributed by atoms with Gasteiger partial charge in [-0.1, -0.05) is 0 Å². The van der Waals surface area contributed by atoms with E-state index >= 15 is 0 Å². The summed E-state index contributed by atoms with van der Waals surface area (Å²) >= 11 is 0. The summed E-state index contributed by atoms with van der Waals surface area (Å²) in [5, 5.41) is 0. The highest BCUT2D eigenvalue weighted by Crippen LogP contribution is 2.03. The first-order chi connectivity index (χ1) is 6.76. The van der Waals surface area contributed by atoms with Crippen LogP contribution >= 0.6 is 0 Å². The number of hydrogen-bond acceptors (Lipinski definition) is 4. The van der Waals surface area contributed by atoms with Crippen molar-refractivity contribution in [2.24, 2.45) is 0 Å². The maximum Gasteiger partial charge on any atom is 0.169 e. The molecule has 1 heterocycles. The summed E-state index contributed by atoms with van der Waals surface area (Å²) in [5.74, 6) is 0. The van der Waals surface area contributed by atoms with Gasteiger partial charge in [0.15, 0.2) is 6.29 Å². The van der Waals surface area contributed by atoms with Crippen LogP contribution in [0, 0.1) is 0 Å². The molecule has 0 unspecified atom stereocenters. The Morgan fingerprint density at radius 3 is 2.43 bits per heavy atom. The summed E-state index contributed by atoms with van der Waals surface area (Å²) in [4.78, 5) is 4.77. The van der Waals surface area contributed by atoms with Crippen molar-refractivity contribution >= 4 is 0 Å². The molecule has 0 aromatic carbocycles. The Morgan fingerprint density at radius 1 is 1.07 bits per heavy atom. The fourth-order valence-corrected chi connectivity index (χ4v) is 1.74. The summed E-state index contributed by atoms with van der Waals surface area (Å²) < 4.78 is 10.4. The van der Waals surface area contributed by atoms with Gasteiger partial charge in [-0.2, -0.15) is 0 Å². The van der Waals surface area contributed by atoms with Gasteiger partial charge in [0.05, 0.1) is 0 Å². The molecule has 0 aliphatic carbocycles. The molecule has 1 rings (SSSR count). The maximum absolute atomic E-state index is 5.19. The Morgan fingerprint density at radius 2 is 1.79 bits per heavy atom. The fourth-order valence-electron chi connectivity index (χ4n) is 1.74. The second kappa shape index (κ2) is 6.35. The number of rotatable bonds is 4. The third kappa shape index (κ3) is 3.92. The van der Waals surface area contributed by atoms with Crippen LogP contribution in [0.2, 0.25) is 0 Å². The minimum atomic E-state index is -0.0848. The van der Waals surface area contributed by atoms with Gasteiger partial charge >= 0.3 is 0 Å². The zero-order valence-electron chi connectivity index (χ0n) is 9.53. The predicted molar refractivity (Wildman–Crippen MR) is 56.4 cm³/mol. The quantitative estimate of drug-likeness (QED) is 0.610. The van der Waals surface area contributed by atoms with E-state index in [1.54, 1.807) is 14.2 Å². The minimum Gasteiger partial charge on any atom is -0.355 e. The number of likely N-dealkylation sites (N-methyl/N-ethyl adjacent to an activating group) is 1. The lowest BCUT2D eigenvalue weighted by atomic mass is 10.4. The normalized spacial score (nSPS) is 21.4. The summed E-state index contributed by atoms with van der Waals surface area (Å²) in [7, 11) is 5.56. The van der Waals surface area contributed by atoms with Crippen molar-refractivity contribution in [3.8, 4) is 0 Å². The van der Waals surface area contributed by atoms with Crippen LogP contribution in [0.5, 0.6) is 0 Å². The van der Waals surface area contributed by atoms with Crippen LogP contribution in [0.1, 0.15) is 6.42 Å². The highest BCUT2D eigenvalue weighted by molar-refractivity contribution is 4.68. The molecule has 84 valence electrons. The molecular formula is C10H22N2O2. The van der Waals surface area contributed by atoms with Gasteiger partial charge in [-0.25, -0.2) is 0 Å². The average Bonchev–Trinajstić information content (AvgIpc) is 2.40. The molecule has 1 fully saturated rings. The van der Waals surface area contributed by atoms with Gasteiger partial charge in [0, 0.05) is 33.9 Å². The van der Waals surface area contributed by atoms with E-state index in [-0.39, 0.29) is 6.29 Å². The smallest absolute Gasteiger partial charge is 0.169 e. The molecule has 1 saturated heterocycles. The average molecular weight is 202 g/mol. The first-order valence-corrected chi connectivity index (χ1v) is 5.22. The SMILES string of the molecule is COC(CN1CCCN(C)CC1)OC. The van der Waals surface area contributed by atoms with Crippen molar-refractivity contribution in [1.29, 1.82) is 0 Å². The highest BCUT2D eigenvalue weighted by atomic mass is 16.7. The Hall–Kier alpha value is -0.160. The van der Waals surface area contributed by atoms with E-state index in [9.17, 15) is 0 Å². The van der Waals surface area contributed by atoms with E-state index in [1.807, 2.05) is 0 Å². The van der Waals surface area contributed by atoms with E-state index in [0.717, 1.165) is 26.2 Å². The molecule has 0 amide bonds. The third-order valence-corrected chi connectivity index (χ3v) is 2.75. The largest absolute Gasteiger partial charge is 0.355 e. The molecule has 4 heteroatoms. The monoisotopic (exact) mass is 202 g/mol. The maximum atomic E-state index is 5.19. The van der Waals surface area contributed by atoms with Crippen LogP contribution in [0.15, 0.2) is 0 Å². The lowest BCUT2D eigenvalue weighted by Gasteiger charge is -2.24. The second-order valence-electron chi connectivity index (χ2n) is 3.86. The Bertz CT molecular complexity index is 151. The lowest BCUT2D eigenvalue weighted by molar-refractivity contribution is -0.115. The van der Waals surface area contributed by atoms with Crippen molar-refractivity contribution in [1.82, 2.24) is 9.80 Å². The molecule has 0 saturated carbocycles. The Labute approximate surface area is 86.8 Å². The minimum absolute atomic E-state index is 0.0848. The molecule has 0 aromatic heterocycles. The van der Waals surface area contributed by atoms with Crippen molar-refractivity contribution in [3.63, 3.8) is 0 Å². The van der Waals surface area contributed by atoms with Gasteiger partial charge in [-0.15, -0.1) is 0 Å². The second-order valence-corrected chi connectivity index (χ2v) is 3.86. The van der Waals surface area contributed by atoms with Gasteiger partial charge in [-0.3, -0.25) is 4.90 Å². The summed E-state index contributed by atoms with van der Waals surface area (Å²) in [6.45, 7) is 5.47. The van der Waals surface area contributed by atoms with Crippen LogP contribution in [0.4, 0.5) is 0 Å². The van der Waals surface area contributed by atoms with E-state index in [0.29, 0.717) is 0 Å². The zero-order valence-corrected chi connectivity index (χ0v) is 9.53. The van der Waals surface area contributed by atoms with E-state index in [1.165, 1.54) is 13.0 Å². The first kappa shape index (κ1) is 11.9. The van der Waals surface area contributed by atoms with Crippen molar-refractivity contribution in [3.05, 3.63) is 0 Å². The highest BCUT2D eigenvalue weighted by Gasteiger charge is 2.15. The van der Waals surface area contributed by atoms with E-state index in [2.05, 4.69) is 16.8 Å². The summed E-state index contributed by atoms with van der Waals surface area (Å²) in [6.07, 6.45) is 1.15. The van der Waals surface area contributed by atoms with Crippen molar-refractivity contribution in [2.75, 3.05) is 54.0 Å². The standard InChI is InChI=1S/C10H22N2O2/c1-11-5-4-6-12(8-7-11)9-10(13-2)14-3/h10H,4-9H2,1-3H3. The molecule has 4 nitrogen and oxygen atoms in total. The molecule has 0 atom stereocenters. The van der Waals surface area contributed by atoms with Gasteiger partial charge in [0.25, 0.3) is 0 Å². The van der Waals surface area contributed by atoms with Crippen LogP contribution in [-0.2, 0) is 9.47 Å². The molecule has 14 heavy (non-hydrogen) atoms. The Balaban J connectivity index is 2.29. The molecule has 0 aromatic rings. The van der Waals surface area contributed by atoms with Crippen molar-refractivity contribution in [2.45, 2.75) is 12.7 Å². The molecule has 0 N–H and O–H groups in total. The van der Waals surface area contributed by atoms with E-state index < -0.39 is 0 Å². The molecule has 0 radical (unpaired) electrons. The van der Waals surface area contributed by atoms with Gasteiger partial charge < -0.3 is 14.4 Å². The van der Waals surface area contributed by atoms with Crippen LogP contribution in [0.25, 0.3) is 0 Å². The first-order valence-electron chi connectivity index (χ1n) is 5.22. The number of nitrogens with zero attached hydrogens (tertiary/aromatic N) is 2. The van der Waals surface area contributed by atoms with Gasteiger partial charge in [-0.05, 0) is 26.6 Å². The number of hydrogen-bond donors (Lipinski definition) is 0. The van der Waals surface area contributed by atoms with Gasteiger partial charge in [0.2, 0.25) is 0 Å². The van der Waals surface area contributed by atoms with Crippen LogP contribution in [0.3, 0.4) is 0 Å². The van der Waals surface area contributed by atoms with Crippen LogP contribution < -0.4 is 0 Å². The topological polar surface area (TPSA) is 24.9 Å². The number of ether oxygens (including phenoxy) is 2. The fraction of sp³-hybridized carbons (Fsp3) is 1.00. The van der Waals surface area contributed by atoms with E-state index in [4.69, 9.17) is 9.47 Å². The Kier molecular flexibility index (Phi) is 5.40. The summed E-state index contributed by atoms with van der Waals surface area (Å²) in [6, 6.07) is 0. The van der Waals surface area contributed by atoms with Gasteiger partial charge in [0.1, 0.15) is 0 Å². The zero-order chi connectivity index (χ0) is 10.4. The molecular weight excluding hydrogens is 180 g/mol. The number of methoxy groups -OCH3 is 2. The molecule has 0 bridgehead atoms. The van der Waals surface area contributed by atoms with Crippen LogP contribution in [-0.4, -0.2) is 70.1 Å².